The third-order valence-corrected chi connectivity index (χ3v) is 4.74. The molecule has 1 unspecified atom stereocenters. The Hall–Kier alpha value is -0.340. The average Bonchev–Trinajstić information content (AvgIpc) is 3.03. The third-order valence-electron chi connectivity index (χ3n) is 4.00. The van der Waals surface area contributed by atoms with Crippen LogP contribution in [0.3, 0.4) is 0 Å². The van der Waals surface area contributed by atoms with Crippen LogP contribution in [0.15, 0.2) is 21.8 Å². The number of piperidine rings is 1. The highest BCUT2D eigenvalue weighted by Crippen LogP contribution is 2.15. The summed E-state index contributed by atoms with van der Waals surface area (Å²) in [5, 5.41) is 11.1. The largest absolute Gasteiger partial charge is 0.357 e. The molecule has 0 saturated carbocycles. The minimum Gasteiger partial charge on any atom is -0.357 e. The minimum atomic E-state index is 0. The Morgan fingerprint density at radius 3 is 2.91 bits per heavy atom. The summed E-state index contributed by atoms with van der Waals surface area (Å²) >= 11 is 1.73. The van der Waals surface area contributed by atoms with E-state index in [4.69, 9.17) is 0 Å². The zero-order chi connectivity index (χ0) is 14.9. The van der Waals surface area contributed by atoms with Gasteiger partial charge in [-0.3, -0.25) is 4.90 Å². The number of hydrogen-bond acceptors (Lipinski definition) is 3. The van der Waals surface area contributed by atoms with Gasteiger partial charge in [-0.2, -0.15) is 11.3 Å². The van der Waals surface area contributed by atoms with Crippen LogP contribution in [0, 0.1) is 0 Å². The molecule has 1 fully saturated rings. The minimum absolute atomic E-state index is 0. The smallest absolute Gasteiger partial charge is 0.191 e. The average molecular weight is 436 g/mol. The fourth-order valence-corrected chi connectivity index (χ4v) is 3.48. The van der Waals surface area contributed by atoms with E-state index in [2.05, 4.69) is 51.2 Å². The van der Waals surface area contributed by atoms with Crippen molar-refractivity contribution in [1.82, 2.24) is 15.5 Å². The standard InChI is InChI=1S/C16H28N4S.HI/c1-3-17-16(18-11-14-8-10-21-13-14)19-12-15-7-5-6-9-20(15)4-2;/h8,10,13,15H,3-7,9,11-12H2,1-2H3,(H2,17,18,19);1H. The molecular weight excluding hydrogens is 407 g/mol. The van der Waals surface area contributed by atoms with Gasteiger partial charge in [0.25, 0.3) is 0 Å². The van der Waals surface area contributed by atoms with Crippen LogP contribution in [0.25, 0.3) is 0 Å². The van der Waals surface area contributed by atoms with Crippen molar-refractivity contribution >= 4 is 41.3 Å². The second-order valence-electron chi connectivity index (χ2n) is 5.49. The van der Waals surface area contributed by atoms with Crippen LogP contribution >= 0.6 is 35.3 Å². The van der Waals surface area contributed by atoms with E-state index in [-0.39, 0.29) is 24.0 Å². The molecule has 1 atom stereocenters. The molecule has 2 N–H and O–H groups in total. The predicted octanol–water partition coefficient (Wildman–Crippen LogP) is 3.30. The van der Waals surface area contributed by atoms with Crippen molar-refractivity contribution < 1.29 is 0 Å². The van der Waals surface area contributed by atoms with E-state index < -0.39 is 0 Å². The summed E-state index contributed by atoms with van der Waals surface area (Å²) in [6.45, 7) is 9.40. The van der Waals surface area contributed by atoms with Crippen LogP contribution in [-0.4, -0.2) is 43.1 Å². The fourth-order valence-electron chi connectivity index (χ4n) is 2.82. The molecular formula is C16H29IN4S. The van der Waals surface area contributed by atoms with Crippen molar-refractivity contribution in [3.05, 3.63) is 22.4 Å². The quantitative estimate of drug-likeness (QED) is 0.409. The van der Waals surface area contributed by atoms with E-state index in [9.17, 15) is 0 Å². The van der Waals surface area contributed by atoms with Gasteiger partial charge in [0, 0.05) is 19.1 Å². The van der Waals surface area contributed by atoms with Crippen LogP contribution < -0.4 is 10.6 Å². The molecule has 1 aliphatic rings. The van der Waals surface area contributed by atoms with Gasteiger partial charge in [0.05, 0.1) is 6.54 Å². The van der Waals surface area contributed by atoms with Crippen molar-refractivity contribution in [2.45, 2.75) is 45.7 Å². The lowest BCUT2D eigenvalue weighted by atomic mass is 10.0. The number of guanidine groups is 1. The van der Waals surface area contributed by atoms with Crippen LogP contribution in [0.5, 0.6) is 0 Å². The molecule has 2 heterocycles. The molecule has 1 aromatic heterocycles. The van der Waals surface area contributed by atoms with Crippen molar-refractivity contribution in [1.29, 1.82) is 0 Å². The molecule has 0 spiro atoms. The van der Waals surface area contributed by atoms with Gasteiger partial charge in [-0.05, 0) is 55.2 Å². The maximum atomic E-state index is 4.67. The van der Waals surface area contributed by atoms with Crippen LogP contribution in [-0.2, 0) is 6.54 Å². The van der Waals surface area contributed by atoms with Crippen molar-refractivity contribution in [3.8, 4) is 0 Å². The lowest BCUT2D eigenvalue weighted by Crippen LogP contribution is -2.49. The first-order valence-corrected chi connectivity index (χ1v) is 9.05. The van der Waals surface area contributed by atoms with Gasteiger partial charge in [0.15, 0.2) is 5.96 Å². The summed E-state index contributed by atoms with van der Waals surface area (Å²) in [4.78, 5) is 7.26. The van der Waals surface area contributed by atoms with Gasteiger partial charge in [0.1, 0.15) is 0 Å². The Labute approximate surface area is 155 Å². The van der Waals surface area contributed by atoms with E-state index in [1.165, 1.54) is 31.4 Å². The van der Waals surface area contributed by atoms with Gasteiger partial charge in [-0.15, -0.1) is 24.0 Å². The van der Waals surface area contributed by atoms with E-state index in [1.54, 1.807) is 11.3 Å². The first kappa shape index (κ1) is 19.7. The van der Waals surface area contributed by atoms with E-state index in [0.717, 1.165) is 32.1 Å². The number of halogens is 1. The van der Waals surface area contributed by atoms with E-state index in [0.29, 0.717) is 6.04 Å². The van der Waals surface area contributed by atoms with E-state index in [1.807, 2.05) is 0 Å². The highest BCUT2D eigenvalue weighted by molar-refractivity contribution is 14.0. The van der Waals surface area contributed by atoms with Gasteiger partial charge < -0.3 is 10.6 Å². The number of likely N-dealkylation sites (N-methyl/N-ethyl adjacent to an activating group) is 1. The molecule has 0 aromatic carbocycles. The molecule has 126 valence electrons. The second kappa shape index (κ2) is 11.2. The summed E-state index contributed by atoms with van der Waals surface area (Å²) < 4.78 is 0. The normalized spacial score (nSPS) is 19.5. The maximum Gasteiger partial charge on any atom is 0.191 e. The second-order valence-corrected chi connectivity index (χ2v) is 6.27. The lowest BCUT2D eigenvalue weighted by Gasteiger charge is -2.35. The topological polar surface area (TPSA) is 39.7 Å². The first-order chi connectivity index (χ1) is 10.3. The van der Waals surface area contributed by atoms with Crippen molar-refractivity contribution in [2.24, 2.45) is 4.99 Å². The molecule has 1 aromatic rings. The predicted molar refractivity (Wildman–Crippen MR) is 107 cm³/mol. The number of likely N-dealkylation sites (tertiary alicyclic amines) is 1. The van der Waals surface area contributed by atoms with Crippen LogP contribution in [0.2, 0.25) is 0 Å². The zero-order valence-electron chi connectivity index (χ0n) is 13.7. The highest BCUT2D eigenvalue weighted by atomic mass is 127. The first-order valence-electron chi connectivity index (χ1n) is 8.10. The molecule has 0 radical (unpaired) electrons. The number of aliphatic imine (C=N–C) groups is 1. The molecule has 4 nitrogen and oxygen atoms in total. The van der Waals surface area contributed by atoms with Gasteiger partial charge in [-0.1, -0.05) is 13.3 Å². The monoisotopic (exact) mass is 436 g/mol. The Balaban J connectivity index is 0.00000242. The molecule has 6 heteroatoms. The summed E-state index contributed by atoms with van der Waals surface area (Å²) in [5.41, 5.74) is 1.28. The van der Waals surface area contributed by atoms with E-state index >= 15 is 0 Å². The van der Waals surface area contributed by atoms with Crippen molar-refractivity contribution in [2.75, 3.05) is 26.2 Å². The maximum absolute atomic E-state index is 4.67. The molecule has 0 bridgehead atoms. The van der Waals surface area contributed by atoms with Crippen LogP contribution in [0.1, 0.15) is 38.7 Å². The Morgan fingerprint density at radius 2 is 2.23 bits per heavy atom. The van der Waals surface area contributed by atoms with Gasteiger partial charge >= 0.3 is 0 Å². The fraction of sp³-hybridized carbons (Fsp3) is 0.688. The highest BCUT2D eigenvalue weighted by Gasteiger charge is 2.20. The molecule has 1 saturated heterocycles. The lowest BCUT2D eigenvalue weighted by molar-refractivity contribution is 0.157. The molecule has 0 amide bonds. The van der Waals surface area contributed by atoms with Gasteiger partial charge in [0.2, 0.25) is 0 Å². The molecule has 1 aliphatic heterocycles. The Kier molecular flexibility index (Phi) is 10.1. The summed E-state index contributed by atoms with van der Waals surface area (Å²) in [7, 11) is 0. The number of hydrogen-bond donors (Lipinski definition) is 2. The summed E-state index contributed by atoms with van der Waals surface area (Å²) in [6.07, 6.45) is 3.99. The van der Waals surface area contributed by atoms with Gasteiger partial charge in [-0.25, -0.2) is 4.99 Å². The number of thiophene rings is 1. The Bertz CT molecular complexity index is 422. The summed E-state index contributed by atoms with van der Waals surface area (Å²) in [5.74, 6) is 0.935. The Morgan fingerprint density at radius 1 is 1.36 bits per heavy atom. The molecule has 0 aliphatic carbocycles. The molecule has 2 rings (SSSR count). The SMILES string of the molecule is CCNC(=NCc1ccsc1)NCC1CCCCN1CC.I. The number of nitrogens with zero attached hydrogens (tertiary/aromatic N) is 2. The zero-order valence-corrected chi connectivity index (χ0v) is 16.8. The van der Waals surface area contributed by atoms with Crippen LogP contribution in [0.4, 0.5) is 0 Å². The van der Waals surface area contributed by atoms with Crippen molar-refractivity contribution in [3.63, 3.8) is 0 Å². The molecule has 22 heavy (non-hydrogen) atoms. The summed E-state index contributed by atoms with van der Waals surface area (Å²) in [6, 6.07) is 2.78. The number of rotatable bonds is 6. The third kappa shape index (κ3) is 6.42. The number of nitrogens with one attached hydrogen (secondary N) is 2.